The molecule has 0 aromatic heterocycles. The van der Waals surface area contributed by atoms with E-state index in [1.54, 1.807) is 30.3 Å². The molecule has 0 saturated carbocycles. The van der Waals surface area contributed by atoms with Gasteiger partial charge in [0.25, 0.3) is 0 Å². The summed E-state index contributed by atoms with van der Waals surface area (Å²) in [6.07, 6.45) is 1.35. The standard InChI is InChI=1S/C19H29N5O5/c20-9-5-4-8-13(21)17(26)23-14(10-12-6-2-1-3-7-12)18(27)24-15(19(28)29)11-16(22)25/h1-3,6-7,13-15H,4-5,8-11,20-21H2,(H2,22,25)(H,23,26)(H,24,27)(H,28,29)/t13-,14-,15-/m0/s1. The van der Waals surface area contributed by atoms with Crippen molar-refractivity contribution in [2.24, 2.45) is 17.2 Å². The van der Waals surface area contributed by atoms with E-state index in [1.165, 1.54) is 0 Å². The van der Waals surface area contributed by atoms with E-state index in [2.05, 4.69) is 10.6 Å². The Morgan fingerprint density at radius 2 is 1.59 bits per heavy atom. The lowest BCUT2D eigenvalue weighted by atomic mass is 10.0. The highest BCUT2D eigenvalue weighted by atomic mass is 16.4. The molecule has 10 nitrogen and oxygen atoms in total. The lowest BCUT2D eigenvalue weighted by molar-refractivity contribution is -0.143. The quantitative estimate of drug-likeness (QED) is 0.217. The molecule has 10 heteroatoms. The molecule has 0 unspecified atom stereocenters. The second-order valence-corrected chi connectivity index (χ2v) is 6.71. The maximum Gasteiger partial charge on any atom is 0.326 e. The van der Waals surface area contributed by atoms with Crippen LogP contribution in [-0.4, -0.2) is 53.5 Å². The number of hydrogen-bond donors (Lipinski definition) is 6. The molecule has 0 bridgehead atoms. The molecule has 0 aliphatic heterocycles. The molecule has 0 radical (unpaired) electrons. The first-order chi connectivity index (χ1) is 13.7. The van der Waals surface area contributed by atoms with Crippen LogP contribution in [0.4, 0.5) is 0 Å². The molecule has 29 heavy (non-hydrogen) atoms. The van der Waals surface area contributed by atoms with Crippen molar-refractivity contribution in [3.63, 3.8) is 0 Å². The summed E-state index contributed by atoms with van der Waals surface area (Å²) in [5.74, 6) is -3.55. The Morgan fingerprint density at radius 3 is 2.14 bits per heavy atom. The Morgan fingerprint density at radius 1 is 0.966 bits per heavy atom. The van der Waals surface area contributed by atoms with E-state index in [-0.39, 0.29) is 6.42 Å². The van der Waals surface area contributed by atoms with Crippen molar-refractivity contribution in [3.05, 3.63) is 35.9 Å². The summed E-state index contributed by atoms with van der Waals surface area (Å²) in [5.41, 5.74) is 17.1. The zero-order valence-electron chi connectivity index (χ0n) is 16.2. The predicted molar refractivity (Wildman–Crippen MR) is 106 cm³/mol. The number of primary amides is 1. The van der Waals surface area contributed by atoms with Crippen molar-refractivity contribution < 1.29 is 24.3 Å². The van der Waals surface area contributed by atoms with Crippen molar-refractivity contribution in [1.82, 2.24) is 10.6 Å². The molecular formula is C19H29N5O5. The molecule has 160 valence electrons. The van der Waals surface area contributed by atoms with E-state index in [0.29, 0.717) is 19.4 Å². The van der Waals surface area contributed by atoms with Gasteiger partial charge in [0.2, 0.25) is 17.7 Å². The van der Waals surface area contributed by atoms with E-state index in [9.17, 15) is 24.3 Å². The van der Waals surface area contributed by atoms with Crippen LogP contribution in [0.15, 0.2) is 30.3 Å². The largest absolute Gasteiger partial charge is 0.480 e. The topological polar surface area (TPSA) is 191 Å². The van der Waals surface area contributed by atoms with Crippen LogP contribution in [0.25, 0.3) is 0 Å². The minimum atomic E-state index is -1.49. The molecule has 1 rings (SSSR count). The van der Waals surface area contributed by atoms with Gasteiger partial charge in [0.1, 0.15) is 12.1 Å². The van der Waals surface area contributed by atoms with E-state index in [4.69, 9.17) is 17.2 Å². The Hall–Kier alpha value is -2.98. The molecule has 0 fully saturated rings. The molecule has 0 heterocycles. The van der Waals surface area contributed by atoms with Gasteiger partial charge in [0.15, 0.2) is 0 Å². The van der Waals surface area contributed by atoms with Gasteiger partial charge in [-0.15, -0.1) is 0 Å². The van der Waals surface area contributed by atoms with Crippen LogP contribution in [0.3, 0.4) is 0 Å². The number of rotatable bonds is 13. The average molecular weight is 407 g/mol. The molecule has 0 aliphatic rings. The van der Waals surface area contributed by atoms with Gasteiger partial charge in [-0.05, 0) is 24.9 Å². The number of aliphatic carboxylic acids is 1. The second-order valence-electron chi connectivity index (χ2n) is 6.71. The molecular weight excluding hydrogens is 378 g/mol. The molecule has 0 aliphatic carbocycles. The van der Waals surface area contributed by atoms with Crippen molar-refractivity contribution in [1.29, 1.82) is 0 Å². The monoisotopic (exact) mass is 407 g/mol. The third-order valence-corrected chi connectivity index (χ3v) is 4.24. The fraction of sp³-hybridized carbons (Fsp3) is 0.474. The first-order valence-corrected chi connectivity index (χ1v) is 9.36. The Labute approximate surface area is 169 Å². The maximum atomic E-state index is 12.7. The van der Waals surface area contributed by atoms with Crippen LogP contribution in [0.5, 0.6) is 0 Å². The number of carbonyl (C=O) groups is 4. The normalized spacial score (nSPS) is 13.7. The molecule has 9 N–H and O–H groups in total. The minimum Gasteiger partial charge on any atom is -0.480 e. The van der Waals surface area contributed by atoms with Gasteiger partial charge in [0.05, 0.1) is 12.5 Å². The zero-order chi connectivity index (χ0) is 21.8. The van der Waals surface area contributed by atoms with Crippen molar-refractivity contribution >= 4 is 23.7 Å². The highest BCUT2D eigenvalue weighted by Gasteiger charge is 2.29. The van der Waals surface area contributed by atoms with E-state index < -0.39 is 48.2 Å². The number of hydrogen-bond acceptors (Lipinski definition) is 6. The summed E-state index contributed by atoms with van der Waals surface area (Å²) in [7, 11) is 0. The summed E-state index contributed by atoms with van der Waals surface area (Å²) in [4.78, 5) is 47.4. The number of amides is 3. The lowest BCUT2D eigenvalue weighted by Gasteiger charge is -2.22. The zero-order valence-corrected chi connectivity index (χ0v) is 16.2. The molecule has 3 amide bonds. The fourth-order valence-electron chi connectivity index (χ4n) is 2.65. The third-order valence-electron chi connectivity index (χ3n) is 4.24. The highest BCUT2D eigenvalue weighted by Crippen LogP contribution is 2.06. The van der Waals surface area contributed by atoms with Gasteiger partial charge < -0.3 is 32.9 Å². The summed E-state index contributed by atoms with van der Waals surface area (Å²) in [5, 5.41) is 14.0. The summed E-state index contributed by atoms with van der Waals surface area (Å²) in [6, 6.07) is 5.51. The molecule has 1 aromatic rings. The van der Waals surface area contributed by atoms with E-state index >= 15 is 0 Å². The first kappa shape index (κ1) is 24.1. The van der Waals surface area contributed by atoms with Crippen LogP contribution in [0.2, 0.25) is 0 Å². The molecule has 0 saturated heterocycles. The number of nitrogens with one attached hydrogen (secondary N) is 2. The number of benzene rings is 1. The highest BCUT2D eigenvalue weighted by molar-refractivity contribution is 5.93. The van der Waals surface area contributed by atoms with Crippen molar-refractivity contribution in [2.45, 2.75) is 50.2 Å². The van der Waals surface area contributed by atoms with Crippen LogP contribution >= 0.6 is 0 Å². The fourth-order valence-corrected chi connectivity index (χ4v) is 2.65. The summed E-state index contributed by atoms with van der Waals surface area (Å²) in [6.45, 7) is 0.490. The average Bonchev–Trinajstić information content (AvgIpc) is 2.67. The van der Waals surface area contributed by atoms with Gasteiger partial charge in [-0.3, -0.25) is 14.4 Å². The van der Waals surface area contributed by atoms with Crippen LogP contribution < -0.4 is 27.8 Å². The molecule has 3 atom stereocenters. The van der Waals surface area contributed by atoms with Crippen LogP contribution in [-0.2, 0) is 25.6 Å². The van der Waals surface area contributed by atoms with Crippen molar-refractivity contribution in [3.8, 4) is 0 Å². The SMILES string of the molecule is NCCCC[C@H](N)C(=O)N[C@@H](Cc1ccccc1)C(=O)N[C@@H](CC(N)=O)C(=O)O. The number of unbranched alkanes of at least 4 members (excludes halogenated alkanes) is 1. The number of carboxylic acid groups (broad SMARTS) is 1. The van der Waals surface area contributed by atoms with Crippen LogP contribution in [0.1, 0.15) is 31.2 Å². The maximum absolute atomic E-state index is 12.7. The predicted octanol–water partition coefficient (Wildman–Crippen LogP) is -1.38. The number of carboxylic acids is 1. The Kier molecular flexibility index (Phi) is 10.3. The smallest absolute Gasteiger partial charge is 0.326 e. The van der Waals surface area contributed by atoms with Gasteiger partial charge in [-0.25, -0.2) is 4.79 Å². The Bertz CT molecular complexity index is 697. The number of nitrogens with two attached hydrogens (primary N) is 3. The van der Waals surface area contributed by atoms with Gasteiger partial charge >= 0.3 is 5.97 Å². The summed E-state index contributed by atoms with van der Waals surface area (Å²) >= 11 is 0. The van der Waals surface area contributed by atoms with Gasteiger partial charge in [0, 0.05) is 6.42 Å². The second kappa shape index (κ2) is 12.5. The first-order valence-electron chi connectivity index (χ1n) is 9.36. The molecule has 1 aromatic carbocycles. The minimum absolute atomic E-state index is 0.122. The van der Waals surface area contributed by atoms with E-state index in [1.807, 2.05) is 0 Å². The summed E-state index contributed by atoms with van der Waals surface area (Å²) < 4.78 is 0. The van der Waals surface area contributed by atoms with Crippen molar-refractivity contribution in [2.75, 3.05) is 6.54 Å². The third kappa shape index (κ3) is 9.17. The van der Waals surface area contributed by atoms with Gasteiger partial charge in [-0.1, -0.05) is 36.8 Å². The Balaban J connectivity index is 2.89. The lowest BCUT2D eigenvalue weighted by Crippen LogP contribution is -2.55. The molecule has 0 spiro atoms. The van der Waals surface area contributed by atoms with Gasteiger partial charge in [-0.2, -0.15) is 0 Å². The van der Waals surface area contributed by atoms with Crippen LogP contribution in [0, 0.1) is 0 Å². The van der Waals surface area contributed by atoms with E-state index in [0.717, 1.165) is 12.0 Å². The number of carbonyl (C=O) groups excluding carboxylic acids is 3.